The third-order valence-corrected chi connectivity index (χ3v) is 4.57. The number of hydrogen-bond donors (Lipinski definition) is 1. The Hall–Kier alpha value is -0.0500. The Morgan fingerprint density at radius 2 is 2.14 bits per heavy atom. The molecule has 0 amide bonds. The molecule has 1 rings (SSSR count). The maximum atomic E-state index is 6.22. The molecule has 0 fully saturated rings. The average molecular weight is 232 g/mol. The summed E-state index contributed by atoms with van der Waals surface area (Å²) < 4.78 is 0.863. The molecule has 1 atom stereocenters. The molecule has 0 saturated heterocycles. The summed E-state index contributed by atoms with van der Waals surface area (Å²) in [6.07, 6.45) is 1.07. The molecule has 2 N–H and O–H groups in total. The summed E-state index contributed by atoms with van der Waals surface area (Å²) in [5.74, 6) is 0. The van der Waals surface area contributed by atoms with Gasteiger partial charge in [0.1, 0.15) is 0 Å². The Balaban J connectivity index is 2.94. The van der Waals surface area contributed by atoms with E-state index in [4.69, 9.17) is 17.3 Å². The highest BCUT2D eigenvalue weighted by atomic mass is 35.5. The Morgan fingerprint density at radius 3 is 2.50 bits per heavy atom. The predicted molar refractivity (Wildman–Crippen MR) is 65.1 cm³/mol. The lowest BCUT2D eigenvalue weighted by atomic mass is 9.81. The molecule has 0 radical (unpaired) electrons. The first-order valence-corrected chi connectivity index (χ1v) is 6.09. The Labute approximate surface area is 95.3 Å². The summed E-state index contributed by atoms with van der Waals surface area (Å²) in [6.45, 7) is 8.58. The van der Waals surface area contributed by atoms with E-state index in [1.54, 1.807) is 11.3 Å². The molecular weight excluding hydrogens is 214 g/mol. The lowest BCUT2D eigenvalue weighted by Crippen LogP contribution is -2.27. The van der Waals surface area contributed by atoms with Crippen molar-refractivity contribution in [2.75, 3.05) is 0 Å². The van der Waals surface area contributed by atoms with Gasteiger partial charge in [-0.3, -0.25) is 0 Å². The number of rotatable bonds is 3. The van der Waals surface area contributed by atoms with Gasteiger partial charge in [0.25, 0.3) is 0 Å². The molecule has 0 aliphatic carbocycles. The van der Waals surface area contributed by atoms with Crippen LogP contribution in [0.3, 0.4) is 0 Å². The number of nitrogens with two attached hydrogens (primary N) is 1. The van der Waals surface area contributed by atoms with Crippen molar-refractivity contribution in [1.29, 1.82) is 0 Å². The summed E-state index contributed by atoms with van der Waals surface area (Å²) in [5.41, 5.74) is 7.49. The van der Waals surface area contributed by atoms with Crippen LogP contribution in [0.5, 0.6) is 0 Å². The second kappa shape index (κ2) is 4.21. The number of aryl methyl sites for hydroxylation is 1. The summed E-state index contributed by atoms with van der Waals surface area (Å²) in [7, 11) is 0. The molecule has 0 aromatic carbocycles. The van der Waals surface area contributed by atoms with Crippen LogP contribution in [0.1, 0.15) is 43.7 Å². The van der Waals surface area contributed by atoms with E-state index < -0.39 is 0 Å². The third-order valence-electron chi connectivity index (χ3n) is 2.94. The van der Waals surface area contributed by atoms with E-state index in [2.05, 4.69) is 26.8 Å². The molecule has 0 aliphatic heterocycles. The average Bonchev–Trinajstić information content (AvgIpc) is 2.45. The second-order valence-corrected chi connectivity index (χ2v) is 6.11. The van der Waals surface area contributed by atoms with Gasteiger partial charge in [-0.2, -0.15) is 0 Å². The van der Waals surface area contributed by atoms with E-state index in [9.17, 15) is 0 Å². The lowest BCUT2D eigenvalue weighted by molar-refractivity contribution is 0.281. The van der Waals surface area contributed by atoms with Crippen LogP contribution in [0.15, 0.2) is 6.07 Å². The maximum Gasteiger partial charge on any atom is 0.0960 e. The standard InChI is InChI=1S/C11H18ClNS/c1-5-11(3,4)9(13)8-6-7(2)10(12)14-8/h6,9H,5,13H2,1-4H3. The van der Waals surface area contributed by atoms with Gasteiger partial charge in [0.15, 0.2) is 0 Å². The van der Waals surface area contributed by atoms with Crippen LogP contribution >= 0.6 is 22.9 Å². The molecule has 0 aliphatic rings. The fourth-order valence-electron chi connectivity index (χ4n) is 1.24. The smallest absolute Gasteiger partial charge is 0.0960 e. The molecule has 3 heteroatoms. The van der Waals surface area contributed by atoms with Crippen molar-refractivity contribution in [3.05, 3.63) is 20.8 Å². The molecule has 0 spiro atoms. The van der Waals surface area contributed by atoms with Crippen molar-refractivity contribution in [1.82, 2.24) is 0 Å². The molecule has 0 bridgehead atoms. The molecule has 1 nitrogen and oxygen atoms in total. The molecule has 1 unspecified atom stereocenters. The van der Waals surface area contributed by atoms with Crippen molar-refractivity contribution in [3.63, 3.8) is 0 Å². The monoisotopic (exact) mass is 231 g/mol. The molecule has 1 aromatic heterocycles. The van der Waals surface area contributed by atoms with Crippen molar-refractivity contribution in [2.24, 2.45) is 11.1 Å². The first-order valence-electron chi connectivity index (χ1n) is 4.90. The van der Waals surface area contributed by atoms with E-state index in [0.717, 1.165) is 16.3 Å². The van der Waals surface area contributed by atoms with E-state index in [-0.39, 0.29) is 11.5 Å². The van der Waals surface area contributed by atoms with Gasteiger partial charge in [-0.15, -0.1) is 11.3 Å². The number of hydrogen-bond acceptors (Lipinski definition) is 2. The van der Waals surface area contributed by atoms with Crippen molar-refractivity contribution >= 4 is 22.9 Å². The van der Waals surface area contributed by atoms with E-state index >= 15 is 0 Å². The Bertz CT molecular complexity index is 298. The molecule has 1 heterocycles. The third kappa shape index (κ3) is 2.30. The largest absolute Gasteiger partial charge is 0.323 e. The van der Waals surface area contributed by atoms with E-state index in [1.807, 2.05) is 6.92 Å². The topological polar surface area (TPSA) is 26.0 Å². The summed E-state index contributed by atoms with van der Waals surface area (Å²) in [4.78, 5) is 1.19. The maximum absolute atomic E-state index is 6.22. The van der Waals surface area contributed by atoms with Crippen molar-refractivity contribution in [3.8, 4) is 0 Å². The zero-order valence-electron chi connectivity index (χ0n) is 9.23. The second-order valence-electron chi connectivity index (χ2n) is 4.43. The van der Waals surface area contributed by atoms with Crippen LogP contribution in [0, 0.1) is 12.3 Å². The van der Waals surface area contributed by atoms with Gasteiger partial charge in [0.05, 0.1) is 4.34 Å². The predicted octanol–water partition coefficient (Wildman–Crippen LogP) is 4.15. The zero-order chi connectivity index (χ0) is 10.9. The van der Waals surface area contributed by atoms with E-state index in [0.29, 0.717) is 0 Å². The van der Waals surface area contributed by atoms with Crippen molar-refractivity contribution < 1.29 is 0 Å². The minimum absolute atomic E-state index is 0.0868. The highest BCUT2D eigenvalue weighted by Gasteiger charge is 2.27. The summed E-state index contributed by atoms with van der Waals surface area (Å²) in [5, 5.41) is 0. The Morgan fingerprint density at radius 1 is 1.57 bits per heavy atom. The van der Waals surface area contributed by atoms with Crippen LogP contribution in [0.25, 0.3) is 0 Å². The minimum Gasteiger partial charge on any atom is -0.323 e. The first-order chi connectivity index (χ1) is 6.38. The van der Waals surface area contributed by atoms with Gasteiger partial charge in [0.2, 0.25) is 0 Å². The van der Waals surface area contributed by atoms with Crippen LogP contribution in [0.4, 0.5) is 0 Å². The molecule has 80 valence electrons. The van der Waals surface area contributed by atoms with Crippen LogP contribution in [-0.4, -0.2) is 0 Å². The molecule has 1 aromatic rings. The van der Waals surface area contributed by atoms with E-state index in [1.165, 1.54) is 4.88 Å². The Kier molecular flexibility index (Phi) is 3.62. The fraction of sp³-hybridized carbons (Fsp3) is 0.636. The number of halogens is 1. The highest BCUT2D eigenvalue weighted by molar-refractivity contribution is 7.16. The molecular formula is C11H18ClNS. The first kappa shape index (κ1) is 12.0. The summed E-state index contributed by atoms with van der Waals surface area (Å²) >= 11 is 7.63. The van der Waals surface area contributed by atoms with Gasteiger partial charge < -0.3 is 5.73 Å². The van der Waals surface area contributed by atoms with Crippen LogP contribution < -0.4 is 5.73 Å². The molecule has 14 heavy (non-hydrogen) atoms. The number of thiophene rings is 1. The highest BCUT2D eigenvalue weighted by Crippen LogP contribution is 2.39. The van der Waals surface area contributed by atoms with Gasteiger partial charge in [-0.25, -0.2) is 0 Å². The van der Waals surface area contributed by atoms with Gasteiger partial charge >= 0.3 is 0 Å². The van der Waals surface area contributed by atoms with Gasteiger partial charge in [0, 0.05) is 10.9 Å². The van der Waals surface area contributed by atoms with Gasteiger partial charge in [-0.1, -0.05) is 32.4 Å². The zero-order valence-corrected chi connectivity index (χ0v) is 10.8. The lowest BCUT2D eigenvalue weighted by Gasteiger charge is -2.29. The quantitative estimate of drug-likeness (QED) is 0.831. The normalized spacial score (nSPS) is 14.4. The van der Waals surface area contributed by atoms with Crippen LogP contribution in [0.2, 0.25) is 4.34 Å². The SMILES string of the molecule is CCC(C)(C)C(N)c1cc(C)c(Cl)s1. The fourth-order valence-corrected chi connectivity index (χ4v) is 2.67. The van der Waals surface area contributed by atoms with Crippen LogP contribution in [-0.2, 0) is 0 Å². The summed E-state index contributed by atoms with van der Waals surface area (Å²) in [6, 6.07) is 2.19. The van der Waals surface area contributed by atoms with Crippen molar-refractivity contribution in [2.45, 2.75) is 40.2 Å². The van der Waals surface area contributed by atoms with Gasteiger partial charge in [-0.05, 0) is 30.4 Å². The molecule has 0 saturated carbocycles. The minimum atomic E-state index is 0.0868.